The number of fused-ring (bicyclic) bond motifs is 1. The van der Waals surface area contributed by atoms with E-state index in [4.69, 9.17) is 21.1 Å². The first-order valence-electron chi connectivity index (χ1n) is 11.1. The quantitative estimate of drug-likeness (QED) is 0.189. The van der Waals surface area contributed by atoms with E-state index in [2.05, 4.69) is 32.2 Å². The molecular weight excluding hydrogens is 473 g/mol. The first kappa shape index (κ1) is 25.9. The van der Waals surface area contributed by atoms with Crippen LogP contribution in [0.4, 0.5) is 15.0 Å². The van der Waals surface area contributed by atoms with Crippen LogP contribution in [0, 0.1) is 5.82 Å². The maximum absolute atomic E-state index is 13.8. The Labute approximate surface area is 208 Å². The van der Waals surface area contributed by atoms with Gasteiger partial charge in [-0.1, -0.05) is 36.4 Å². The van der Waals surface area contributed by atoms with E-state index in [1.165, 1.54) is 24.5 Å². The second-order valence-electron chi connectivity index (χ2n) is 7.51. The van der Waals surface area contributed by atoms with Gasteiger partial charge in [0.05, 0.1) is 11.6 Å². The molecule has 0 radical (unpaired) electrons. The average molecular weight is 500 g/mol. The van der Waals surface area contributed by atoms with Gasteiger partial charge in [-0.3, -0.25) is 0 Å². The van der Waals surface area contributed by atoms with Crippen molar-refractivity contribution in [1.29, 1.82) is 0 Å². The zero-order valence-corrected chi connectivity index (χ0v) is 20.1. The van der Waals surface area contributed by atoms with Crippen molar-refractivity contribution >= 4 is 34.5 Å². The average Bonchev–Trinajstić information content (AvgIpc) is 2.85. The van der Waals surface area contributed by atoms with Crippen molar-refractivity contribution < 1.29 is 18.7 Å². The first-order valence-corrected chi connectivity index (χ1v) is 11.5. The number of unbranched alkanes of at least 4 members (excludes halogenated alkanes) is 1. The Morgan fingerprint density at radius 1 is 1.23 bits per heavy atom. The fourth-order valence-corrected chi connectivity index (χ4v) is 3.36. The lowest BCUT2D eigenvalue weighted by Gasteiger charge is -2.18. The van der Waals surface area contributed by atoms with Crippen LogP contribution in [0.1, 0.15) is 31.4 Å². The van der Waals surface area contributed by atoms with Gasteiger partial charge in [-0.05, 0) is 50.1 Å². The summed E-state index contributed by atoms with van der Waals surface area (Å²) in [6, 6.07) is 7.19. The number of rotatable bonds is 12. The maximum Gasteiger partial charge on any atom is 0.407 e. The number of aromatic nitrogens is 3. The van der Waals surface area contributed by atoms with Crippen molar-refractivity contribution in [3.63, 3.8) is 0 Å². The summed E-state index contributed by atoms with van der Waals surface area (Å²) >= 11 is 5.98. The van der Waals surface area contributed by atoms with Crippen molar-refractivity contribution in [2.24, 2.45) is 0 Å². The number of amides is 1. The SMILES string of the molecule is C=CCOC(=O)NC(C)c1cc(F)ccc1OCC=CCCCNc1ncnc2ccc(Cl)nc12. The molecule has 10 heteroatoms. The highest BCUT2D eigenvalue weighted by molar-refractivity contribution is 6.29. The van der Waals surface area contributed by atoms with E-state index in [1.807, 2.05) is 12.2 Å². The third-order valence-corrected chi connectivity index (χ3v) is 5.11. The van der Waals surface area contributed by atoms with Gasteiger partial charge in [-0.2, -0.15) is 0 Å². The third kappa shape index (κ3) is 7.92. The van der Waals surface area contributed by atoms with Crippen molar-refractivity contribution in [3.8, 4) is 5.75 Å². The molecule has 2 aromatic heterocycles. The van der Waals surface area contributed by atoms with Crippen LogP contribution in [0.15, 0.2) is 61.5 Å². The Bertz CT molecular complexity index is 1190. The highest BCUT2D eigenvalue weighted by Crippen LogP contribution is 2.26. The zero-order chi connectivity index (χ0) is 25.0. The molecule has 8 nitrogen and oxygen atoms in total. The van der Waals surface area contributed by atoms with E-state index < -0.39 is 18.0 Å². The van der Waals surface area contributed by atoms with E-state index in [1.54, 1.807) is 25.1 Å². The Hall–Kier alpha value is -3.72. The second-order valence-corrected chi connectivity index (χ2v) is 7.90. The van der Waals surface area contributed by atoms with E-state index >= 15 is 0 Å². The standard InChI is InChI=1S/C25H27ClFN5O3/c1-3-13-35-25(33)31-17(2)19-15-18(27)8-10-21(19)34-14-7-5-4-6-12-28-24-23-20(29-16-30-24)9-11-22(26)32-23/h3,5,7-11,15-17H,1,4,6,12-14H2,2H3,(H,31,33)(H,28,29,30). The largest absolute Gasteiger partial charge is 0.489 e. The molecule has 0 fully saturated rings. The summed E-state index contributed by atoms with van der Waals surface area (Å²) in [4.78, 5) is 24.5. The number of pyridine rings is 1. The van der Waals surface area contributed by atoms with Crippen molar-refractivity contribution in [2.45, 2.75) is 25.8 Å². The van der Waals surface area contributed by atoms with Crippen LogP contribution < -0.4 is 15.4 Å². The molecule has 3 aromatic rings. The molecule has 0 aliphatic carbocycles. The van der Waals surface area contributed by atoms with E-state index in [9.17, 15) is 9.18 Å². The molecule has 3 rings (SSSR count). The number of ether oxygens (including phenoxy) is 2. The van der Waals surface area contributed by atoms with Crippen LogP contribution in [-0.2, 0) is 4.74 Å². The van der Waals surface area contributed by atoms with Gasteiger partial charge in [0.2, 0.25) is 0 Å². The number of halogens is 2. The van der Waals surface area contributed by atoms with Crippen molar-refractivity contribution in [1.82, 2.24) is 20.3 Å². The van der Waals surface area contributed by atoms with Gasteiger partial charge in [0.25, 0.3) is 0 Å². The molecule has 35 heavy (non-hydrogen) atoms. The normalized spacial score (nSPS) is 11.9. The molecule has 1 aromatic carbocycles. The van der Waals surface area contributed by atoms with Crippen LogP contribution in [0.3, 0.4) is 0 Å². The molecule has 184 valence electrons. The van der Waals surface area contributed by atoms with Gasteiger partial charge in [0, 0.05) is 12.1 Å². The maximum atomic E-state index is 13.8. The molecule has 0 spiro atoms. The monoisotopic (exact) mass is 499 g/mol. The van der Waals surface area contributed by atoms with Crippen LogP contribution in [0.25, 0.3) is 11.0 Å². The minimum Gasteiger partial charge on any atom is -0.489 e. The lowest BCUT2D eigenvalue weighted by atomic mass is 10.1. The third-order valence-electron chi connectivity index (χ3n) is 4.89. The Balaban J connectivity index is 1.45. The summed E-state index contributed by atoms with van der Waals surface area (Å²) in [7, 11) is 0. The smallest absolute Gasteiger partial charge is 0.407 e. The molecule has 1 unspecified atom stereocenters. The fourth-order valence-electron chi connectivity index (χ4n) is 3.22. The van der Waals surface area contributed by atoms with E-state index in [0.29, 0.717) is 41.0 Å². The summed E-state index contributed by atoms with van der Waals surface area (Å²) in [6.07, 6.45) is 7.91. The lowest BCUT2D eigenvalue weighted by Crippen LogP contribution is -2.27. The molecule has 0 saturated carbocycles. The predicted octanol–water partition coefficient (Wildman–Crippen LogP) is 5.62. The molecule has 0 saturated heterocycles. The Kier molecular flexibility index (Phi) is 9.80. The van der Waals surface area contributed by atoms with Crippen LogP contribution in [0.2, 0.25) is 5.15 Å². The Morgan fingerprint density at radius 2 is 2.09 bits per heavy atom. The second kappa shape index (κ2) is 13.2. The minimum atomic E-state index is -0.616. The first-order chi connectivity index (χ1) is 17.0. The van der Waals surface area contributed by atoms with Gasteiger partial charge in [-0.25, -0.2) is 24.1 Å². The number of nitrogens with one attached hydrogen (secondary N) is 2. The van der Waals surface area contributed by atoms with Crippen molar-refractivity contribution in [2.75, 3.05) is 25.1 Å². The zero-order valence-electron chi connectivity index (χ0n) is 19.3. The predicted molar refractivity (Wildman–Crippen MR) is 134 cm³/mol. The van der Waals surface area contributed by atoms with Crippen LogP contribution in [0.5, 0.6) is 5.75 Å². The van der Waals surface area contributed by atoms with E-state index in [-0.39, 0.29) is 6.61 Å². The molecule has 0 bridgehead atoms. The van der Waals surface area contributed by atoms with Gasteiger partial charge in [0.1, 0.15) is 41.8 Å². The topological polar surface area (TPSA) is 98.3 Å². The van der Waals surface area contributed by atoms with Gasteiger partial charge < -0.3 is 20.1 Å². The fraction of sp³-hybridized carbons (Fsp3) is 0.280. The number of hydrogen-bond acceptors (Lipinski definition) is 7. The number of hydrogen-bond donors (Lipinski definition) is 2. The Morgan fingerprint density at radius 3 is 2.91 bits per heavy atom. The molecule has 1 amide bonds. The summed E-state index contributed by atoms with van der Waals surface area (Å²) in [5, 5.41) is 6.30. The van der Waals surface area contributed by atoms with Crippen molar-refractivity contribution in [3.05, 3.63) is 78.0 Å². The van der Waals surface area contributed by atoms with Gasteiger partial charge >= 0.3 is 6.09 Å². The van der Waals surface area contributed by atoms with Gasteiger partial charge in [-0.15, -0.1) is 0 Å². The number of allylic oxidation sites excluding steroid dienone is 1. The highest BCUT2D eigenvalue weighted by Gasteiger charge is 2.16. The number of carbonyl (C=O) groups is 1. The number of anilines is 1. The number of benzene rings is 1. The van der Waals surface area contributed by atoms with Crippen LogP contribution >= 0.6 is 11.6 Å². The van der Waals surface area contributed by atoms with Crippen LogP contribution in [-0.4, -0.2) is 40.8 Å². The number of alkyl carbamates (subject to hydrolysis) is 1. The van der Waals surface area contributed by atoms with E-state index in [0.717, 1.165) is 18.4 Å². The molecule has 2 N–H and O–H groups in total. The minimum absolute atomic E-state index is 0.0896. The number of carbonyl (C=O) groups excluding carboxylic acids is 1. The summed E-state index contributed by atoms with van der Waals surface area (Å²) in [6.45, 7) is 6.31. The number of nitrogens with zero attached hydrogens (tertiary/aromatic N) is 3. The molecule has 0 aliphatic heterocycles. The lowest BCUT2D eigenvalue weighted by molar-refractivity contribution is 0.154. The molecular formula is C25H27ClFN5O3. The summed E-state index contributed by atoms with van der Waals surface area (Å²) in [5.74, 6) is 0.707. The molecule has 2 heterocycles. The molecule has 1 atom stereocenters. The highest BCUT2D eigenvalue weighted by atomic mass is 35.5. The summed E-state index contributed by atoms with van der Waals surface area (Å²) < 4.78 is 24.5. The van der Waals surface area contributed by atoms with Gasteiger partial charge in [0.15, 0.2) is 5.82 Å². The molecule has 0 aliphatic rings. The summed E-state index contributed by atoms with van der Waals surface area (Å²) in [5.41, 5.74) is 1.88.